The number of nitrogens with zero attached hydrogens (tertiary/aromatic N) is 4. The van der Waals surface area contributed by atoms with E-state index in [1.54, 1.807) is 0 Å². The highest BCUT2D eigenvalue weighted by Crippen LogP contribution is 2.48. The molecule has 11 rings (SSSR count). The number of para-hydroxylation sites is 1. The molecule has 0 aliphatic carbocycles. The van der Waals surface area contributed by atoms with E-state index >= 15 is 0 Å². The van der Waals surface area contributed by atoms with Gasteiger partial charge in [-0.1, -0.05) is 127 Å². The predicted molar refractivity (Wildman–Crippen MR) is 218 cm³/mol. The quantitative estimate of drug-likeness (QED) is 0.186. The third-order valence-electron chi connectivity index (χ3n) is 10.2. The number of benzene rings is 7. The van der Waals surface area contributed by atoms with Crippen LogP contribution in [0.3, 0.4) is 0 Å². The van der Waals surface area contributed by atoms with Gasteiger partial charge in [0.15, 0.2) is 5.82 Å². The van der Waals surface area contributed by atoms with Crippen molar-refractivity contribution in [2.24, 2.45) is 0 Å². The van der Waals surface area contributed by atoms with Gasteiger partial charge in [-0.3, -0.25) is 4.98 Å². The molecule has 0 saturated heterocycles. The van der Waals surface area contributed by atoms with E-state index in [1.165, 1.54) is 58.3 Å². The summed E-state index contributed by atoms with van der Waals surface area (Å²) in [4.78, 5) is 15.1. The Balaban J connectivity index is 1.15. The van der Waals surface area contributed by atoms with Crippen molar-refractivity contribution >= 4 is 75.1 Å². The molecule has 4 nitrogen and oxygen atoms in total. The van der Waals surface area contributed by atoms with Crippen molar-refractivity contribution in [3.8, 4) is 39.5 Å². The van der Waals surface area contributed by atoms with Gasteiger partial charge in [-0.05, 0) is 52.9 Å². The number of thiophene rings is 1. The molecule has 0 aliphatic heterocycles. The number of fused-ring (bicyclic) bond motifs is 11. The van der Waals surface area contributed by atoms with Crippen molar-refractivity contribution in [1.29, 1.82) is 0 Å². The molecule has 242 valence electrons. The van der Waals surface area contributed by atoms with Crippen LogP contribution in [0.4, 0.5) is 0 Å². The van der Waals surface area contributed by atoms with Gasteiger partial charge in [-0.2, -0.15) is 0 Å². The Hall–Kier alpha value is -6.69. The first-order chi connectivity index (χ1) is 25.8. The predicted octanol–water partition coefficient (Wildman–Crippen LogP) is 12.6. The molecular weight excluding hydrogens is 653 g/mol. The summed E-state index contributed by atoms with van der Waals surface area (Å²) in [5.41, 5.74) is 10.2. The summed E-state index contributed by atoms with van der Waals surface area (Å²) in [5, 5.41) is 7.67. The summed E-state index contributed by atoms with van der Waals surface area (Å²) in [6.07, 6.45) is 1.81. The van der Waals surface area contributed by atoms with Crippen LogP contribution in [0.5, 0.6) is 0 Å². The second kappa shape index (κ2) is 11.4. The lowest BCUT2D eigenvalue weighted by atomic mass is 10.00. The molecule has 0 fully saturated rings. The smallest absolute Gasteiger partial charge is 0.160 e. The lowest BCUT2D eigenvalue weighted by molar-refractivity contribution is 1.17. The second-order valence-corrected chi connectivity index (χ2v) is 14.2. The van der Waals surface area contributed by atoms with Gasteiger partial charge in [-0.15, -0.1) is 11.3 Å². The number of rotatable bonds is 4. The van der Waals surface area contributed by atoms with E-state index in [9.17, 15) is 0 Å². The maximum absolute atomic E-state index is 5.23. The van der Waals surface area contributed by atoms with Crippen LogP contribution in [0, 0.1) is 0 Å². The fourth-order valence-electron chi connectivity index (χ4n) is 7.92. The summed E-state index contributed by atoms with van der Waals surface area (Å²) in [6, 6.07) is 58.1. The first-order valence-electron chi connectivity index (χ1n) is 17.4. The first-order valence-corrected chi connectivity index (χ1v) is 18.3. The van der Waals surface area contributed by atoms with E-state index < -0.39 is 0 Å². The van der Waals surface area contributed by atoms with E-state index in [1.807, 2.05) is 35.7 Å². The average molecular weight is 681 g/mol. The molecule has 4 aromatic heterocycles. The molecule has 0 saturated carbocycles. The molecule has 7 aromatic carbocycles. The van der Waals surface area contributed by atoms with Crippen LogP contribution in [-0.2, 0) is 0 Å². The summed E-state index contributed by atoms with van der Waals surface area (Å²) < 4.78 is 5.06. The van der Waals surface area contributed by atoms with Gasteiger partial charge in [0.2, 0.25) is 0 Å². The molecule has 11 aromatic rings. The zero-order valence-corrected chi connectivity index (χ0v) is 28.7. The van der Waals surface area contributed by atoms with Gasteiger partial charge in [0.1, 0.15) is 11.2 Å². The highest BCUT2D eigenvalue weighted by atomic mass is 32.1. The molecular formula is C47H28N4S. The fourth-order valence-corrected chi connectivity index (χ4v) is 9.16. The SMILES string of the molecule is c1ccc(-c2ccc(-c3nc(-c4cccc(-n5c6ccccc6c6c7ccccc7c7sc8ccccc8c7c65)c4)nc4cccnc34)cc2)cc1. The van der Waals surface area contributed by atoms with Gasteiger partial charge < -0.3 is 4.57 Å². The third-order valence-corrected chi connectivity index (χ3v) is 11.4. The van der Waals surface area contributed by atoms with Gasteiger partial charge in [0.05, 0.1) is 16.6 Å². The van der Waals surface area contributed by atoms with Gasteiger partial charge in [0, 0.05) is 59.3 Å². The molecule has 0 N–H and O–H groups in total. The van der Waals surface area contributed by atoms with Crippen molar-refractivity contribution in [3.63, 3.8) is 0 Å². The van der Waals surface area contributed by atoms with E-state index in [0.29, 0.717) is 5.82 Å². The topological polar surface area (TPSA) is 43.6 Å². The summed E-state index contributed by atoms with van der Waals surface area (Å²) in [7, 11) is 0. The van der Waals surface area contributed by atoms with E-state index in [-0.39, 0.29) is 0 Å². The Labute approximate surface area is 302 Å². The van der Waals surface area contributed by atoms with Crippen LogP contribution < -0.4 is 0 Å². The van der Waals surface area contributed by atoms with Crippen LogP contribution in [0.15, 0.2) is 170 Å². The molecule has 4 heterocycles. The van der Waals surface area contributed by atoms with Crippen LogP contribution in [0.2, 0.25) is 0 Å². The van der Waals surface area contributed by atoms with Crippen molar-refractivity contribution in [1.82, 2.24) is 19.5 Å². The van der Waals surface area contributed by atoms with E-state index in [0.717, 1.165) is 39.1 Å². The Bertz CT molecular complexity index is 3180. The second-order valence-electron chi connectivity index (χ2n) is 13.2. The van der Waals surface area contributed by atoms with E-state index in [4.69, 9.17) is 15.0 Å². The minimum Gasteiger partial charge on any atom is -0.309 e. The highest BCUT2D eigenvalue weighted by Gasteiger charge is 2.22. The monoisotopic (exact) mass is 680 g/mol. The normalized spacial score (nSPS) is 11.8. The van der Waals surface area contributed by atoms with Gasteiger partial charge >= 0.3 is 0 Å². The molecule has 5 heteroatoms. The minimum atomic E-state index is 0.668. The standard InChI is InChI=1S/C47H28N4S/c1-2-12-29(13-3-1)30-23-25-31(26-24-30)43-44-38(20-11-27-48-44)49-47(50-43)32-14-10-15-33(28-32)51-39-21-8-6-18-36(39)41-34-16-4-5-17-35(34)46-42(45(41)51)37-19-7-9-22-40(37)52-46/h1-28H. The molecule has 0 radical (unpaired) electrons. The lowest BCUT2D eigenvalue weighted by Crippen LogP contribution is -1.99. The van der Waals surface area contributed by atoms with Crippen LogP contribution in [0.25, 0.3) is 103 Å². The molecule has 0 bridgehead atoms. The number of aromatic nitrogens is 4. The maximum Gasteiger partial charge on any atom is 0.160 e. The van der Waals surface area contributed by atoms with Crippen molar-refractivity contribution in [3.05, 3.63) is 170 Å². The van der Waals surface area contributed by atoms with Crippen molar-refractivity contribution in [2.45, 2.75) is 0 Å². The zero-order chi connectivity index (χ0) is 34.2. The van der Waals surface area contributed by atoms with Gasteiger partial charge in [0.25, 0.3) is 0 Å². The molecule has 0 aliphatic rings. The maximum atomic E-state index is 5.23. The summed E-state index contributed by atoms with van der Waals surface area (Å²) in [5.74, 6) is 0.668. The largest absolute Gasteiger partial charge is 0.309 e. The van der Waals surface area contributed by atoms with Gasteiger partial charge in [-0.25, -0.2) is 9.97 Å². The fraction of sp³-hybridized carbons (Fsp3) is 0. The molecule has 0 unspecified atom stereocenters. The van der Waals surface area contributed by atoms with E-state index in [2.05, 4.69) is 150 Å². The van der Waals surface area contributed by atoms with Crippen molar-refractivity contribution < 1.29 is 0 Å². The van der Waals surface area contributed by atoms with Crippen LogP contribution in [0.1, 0.15) is 0 Å². The number of hydrogen-bond donors (Lipinski definition) is 0. The average Bonchev–Trinajstić information content (AvgIpc) is 3.78. The third kappa shape index (κ3) is 4.36. The summed E-state index contributed by atoms with van der Waals surface area (Å²) in [6.45, 7) is 0. The first kappa shape index (κ1) is 29.1. The Morgan fingerprint density at radius 2 is 1.17 bits per heavy atom. The Kier molecular flexibility index (Phi) is 6.39. The van der Waals surface area contributed by atoms with Crippen LogP contribution >= 0.6 is 11.3 Å². The number of pyridine rings is 1. The molecule has 0 amide bonds. The summed E-state index contributed by atoms with van der Waals surface area (Å²) >= 11 is 1.88. The lowest BCUT2D eigenvalue weighted by Gasteiger charge is -2.13. The highest BCUT2D eigenvalue weighted by molar-refractivity contribution is 7.27. The van der Waals surface area contributed by atoms with Crippen LogP contribution in [-0.4, -0.2) is 19.5 Å². The Morgan fingerprint density at radius 3 is 2.04 bits per heavy atom. The Morgan fingerprint density at radius 1 is 0.481 bits per heavy atom. The molecule has 0 spiro atoms. The molecule has 52 heavy (non-hydrogen) atoms. The minimum absolute atomic E-state index is 0.668. The number of hydrogen-bond acceptors (Lipinski definition) is 4. The van der Waals surface area contributed by atoms with Crippen molar-refractivity contribution in [2.75, 3.05) is 0 Å². The molecule has 0 atom stereocenters. The zero-order valence-electron chi connectivity index (χ0n) is 27.9.